The highest BCUT2D eigenvalue weighted by atomic mass is 35.5. The number of piperazine rings is 1. The predicted octanol–water partition coefficient (Wildman–Crippen LogP) is 5.74. The van der Waals surface area contributed by atoms with E-state index in [0.717, 1.165) is 11.1 Å². The molecule has 1 fully saturated rings. The van der Waals surface area contributed by atoms with E-state index in [4.69, 9.17) is 39.8 Å². The minimum absolute atomic E-state index is 0.0288. The van der Waals surface area contributed by atoms with Crippen molar-refractivity contribution in [1.82, 2.24) is 15.1 Å². The number of nitrogens with one attached hydrogen (secondary N) is 1. The summed E-state index contributed by atoms with van der Waals surface area (Å²) < 4.78 is 0. The molecule has 5 rings (SSSR count). The van der Waals surface area contributed by atoms with Gasteiger partial charge in [-0.3, -0.25) is 14.7 Å². The van der Waals surface area contributed by atoms with E-state index >= 15 is 0 Å². The van der Waals surface area contributed by atoms with Crippen LogP contribution in [0.5, 0.6) is 0 Å². The van der Waals surface area contributed by atoms with E-state index in [1.807, 2.05) is 48.5 Å². The van der Waals surface area contributed by atoms with Gasteiger partial charge in [-0.25, -0.2) is 4.79 Å². The monoisotopic (exact) mass is 526 g/mol. The van der Waals surface area contributed by atoms with Crippen LogP contribution in [0.4, 0.5) is 4.79 Å². The molecule has 1 N–H and O–H groups in total. The van der Waals surface area contributed by atoms with Crippen LogP contribution >= 0.6 is 34.8 Å². The molecule has 0 aliphatic carbocycles. The van der Waals surface area contributed by atoms with Crippen molar-refractivity contribution < 1.29 is 9.59 Å². The average Bonchev–Trinajstić information content (AvgIpc) is 3.24. The topological polar surface area (TPSA) is 65.0 Å². The molecule has 0 aromatic heterocycles. The first-order chi connectivity index (χ1) is 16.9. The number of aliphatic imine (C=N–C) groups is 1. The summed E-state index contributed by atoms with van der Waals surface area (Å²) >= 11 is 19.1. The van der Waals surface area contributed by atoms with Crippen molar-refractivity contribution in [3.63, 3.8) is 0 Å². The number of carbonyl (C=O) groups is 2. The normalized spacial score (nSPS) is 20.0. The van der Waals surface area contributed by atoms with E-state index in [-0.39, 0.29) is 18.5 Å². The minimum Gasteiger partial charge on any atom is -0.353 e. The van der Waals surface area contributed by atoms with Crippen molar-refractivity contribution in [2.24, 2.45) is 4.99 Å². The van der Waals surface area contributed by atoms with Crippen molar-refractivity contribution in [1.29, 1.82) is 0 Å². The second kappa shape index (κ2) is 9.90. The second-order valence-electron chi connectivity index (χ2n) is 8.35. The standard InChI is InChI=1S/C26H21Cl3N4O2/c27-18-10-8-16(9-11-18)23-24(17-4-3-5-19(28)14-17)33(26(35)32-13-12-30-22(34)15-32)25(31-23)20-6-1-2-7-21(20)29/h1-11,14,23-24H,12-13,15H2,(H,30,34). The van der Waals surface area contributed by atoms with E-state index in [1.54, 1.807) is 29.2 Å². The zero-order chi connectivity index (χ0) is 24.5. The molecular formula is C26H21Cl3N4O2. The summed E-state index contributed by atoms with van der Waals surface area (Å²) in [7, 11) is 0. The maximum absolute atomic E-state index is 14.0. The molecule has 3 aromatic rings. The summed E-state index contributed by atoms with van der Waals surface area (Å²) in [5, 5.41) is 4.40. The second-order valence-corrected chi connectivity index (χ2v) is 9.63. The van der Waals surface area contributed by atoms with E-state index in [1.165, 1.54) is 4.90 Å². The lowest BCUT2D eigenvalue weighted by molar-refractivity contribution is -0.123. The number of nitrogens with zero attached hydrogens (tertiary/aromatic N) is 3. The lowest BCUT2D eigenvalue weighted by Gasteiger charge is -2.35. The zero-order valence-corrected chi connectivity index (χ0v) is 20.8. The first kappa shape index (κ1) is 23.7. The third kappa shape index (κ3) is 4.74. The quantitative estimate of drug-likeness (QED) is 0.472. The molecule has 3 amide bonds. The molecule has 178 valence electrons. The summed E-state index contributed by atoms with van der Waals surface area (Å²) in [4.78, 5) is 34.4. The van der Waals surface area contributed by atoms with Crippen molar-refractivity contribution in [3.8, 4) is 0 Å². The summed E-state index contributed by atoms with van der Waals surface area (Å²) in [5.74, 6) is 0.241. The molecule has 2 atom stereocenters. The van der Waals surface area contributed by atoms with E-state index < -0.39 is 12.1 Å². The van der Waals surface area contributed by atoms with Gasteiger partial charge in [-0.1, -0.05) is 71.2 Å². The Hall–Kier alpha value is -3.06. The number of amidine groups is 1. The molecule has 0 saturated carbocycles. The highest BCUT2D eigenvalue weighted by Crippen LogP contribution is 2.45. The third-order valence-corrected chi connectivity index (χ3v) is 6.91. The van der Waals surface area contributed by atoms with Crippen LogP contribution in [0.15, 0.2) is 77.8 Å². The first-order valence-corrected chi connectivity index (χ1v) is 12.2. The Morgan fingerprint density at radius 1 is 0.914 bits per heavy atom. The van der Waals surface area contributed by atoms with Gasteiger partial charge in [0.15, 0.2) is 0 Å². The molecule has 0 spiro atoms. The van der Waals surface area contributed by atoms with Crippen LogP contribution in [0.3, 0.4) is 0 Å². The molecule has 3 aromatic carbocycles. The van der Waals surface area contributed by atoms with Crippen LogP contribution in [0, 0.1) is 0 Å². The number of halogens is 3. The highest BCUT2D eigenvalue weighted by molar-refractivity contribution is 6.34. The van der Waals surface area contributed by atoms with Crippen LogP contribution in [-0.4, -0.2) is 47.2 Å². The largest absolute Gasteiger partial charge is 0.353 e. The van der Waals surface area contributed by atoms with Gasteiger partial charge in [-0.15, -0.1) is 0 Å². The Morgan fingerprint density at radius 2 is 1.69 bits per heavy atom. The number of urea groups is 1. The van der Waals surface area contributed by atoms with Crippen molar-refractivity contribution in [3.05, 3.63) is 105 Å². The van der Waals surface area contributed by atoms with Gasteiger partial charge in [0.25, 0.3) is 0 Å². The molecular weight excluding hydrogens is 507 g/mol. The molecule has 9 heteroatoms. The Balaban J connectivity index is 1.69. The summed E-state index contributed by atoms with van der Waals surface area (Å²) in [5.41, 5.74) is 2.33. The molecule has 2 heterocycles. The zero-order valence-electron chi connectivity index (χ0n) is 18.5. The molecule has 6 nitrogen and oxygen atoms in total. The maximum atomic E-state index is 14.0. The number of hydrogen-bond donors (Lipinski definition) is 1. The number of carbonyl (C=O) groups excluding carboxylic acids is 2. The lowest BCUT2D eigenvalue weighted by atomic mass is 9.93. The molecule has 0 bridgehead atoms. The minimum atomic E-state index is -0.515. The van der Waals surface area contributed by atoms with Crippen LogP contribution in [0.25, 0.3) is 0 Å². The molecule has 2 aliphatic heterocycles. The lowest BCUT2D eigenvalue weighted by Crippen LogP contribution is -2.55. The van der Waals surface area contributed by atoms with Crippen LogP contribution in [0.2, 0.25) is 15.1 Å². The van der Waals surface area contributed by atoms with Crippen molar-refractivity contribution in [2.75, 3.05) is 19.6 Å². The van der Waals surface area contributed by atoms with Crippen molar-refractivity contribution >= 4 is 52.6 Å². The Kier molecular flexibility index (Phi) is 6.69. The Labute approximate surface area is 218 Å². The van der Waals surface area contributed by atoms with Crippen LogP contribution in [-0.2, 0) is 4.79 Å². The van der Waals surface area contributed by atoms with E-state index in [0.29, 0.717) is 39.6 Å². The van der Waals surface area contributed by atoms with Gasteiger partial charge in [-0.05, 0) is 47.5 Å². The van der Waals surface area contributed by atoms with Gasteiger partial charge in [0, 0.05) is 28.7 Å². The smallest absolute Gasteiger partial charge is 0.326 e. The van der Waals surface area contributed by atoms with Gasteiger partial charge in [0.2, 0.25) is 5.91 Å². The van der Waals surface area contributed by atoms with E-state index in [2.05, 4.69) is 5.32 Å². The summed E-state index contributed by atoms with van der Waals surface area (Å²) in [6.07, 6.45) is 0. The third-order valence-electron chi connectivity index (χ3n) is 6.10. The highest BCUT2D eigenvalue weighted by Gasteiger charge is 2.44. The van der Waals surface area contributed by atoms with Crippen molar-refractivity contribution in [2.45, 2.75) is 12.1 Å². The Morgan fingerprint density at radius 3 is 2.40 bits per heavy atom. The van der Waals surface area contributed by atoms with Crippen LogP contribution < -0.4 is 5.32 Å². The van der Waals surface area contributed by atoms with Gasteiger partial charge in [0.05, 0.1) is 11.1 Å². The predicted molar refractivity (Wildman–Crippen MR) is 138 cm³/mol. The van der Waals surface area contributed by atoms with Gasteiger partial charge in [0.1, 0.15) is 18.4 Å². The Bertz CT molecular complexity index is 1310. The number of hydrogen-bond acceptors (Lipinski definition) is 3. The number of benzene rings is 3. The fourth-order valence-electron chi connectivity index (χ4n) is 4.48. The SMILES string of the molecule is O=C1CN(C(=O)N2C(c3ccccc3Cl)=NC(c3ccc(Cl)cc3)C2c2cccc(Cl)c2)CCN1. The van der Waals surface area contributed by atoms with E-state index in [9.17, 15) is 9.59 Å². The molecule has 2 unspecified atom stereocenters. The van der Waals surface area contributed by atoms with Gasteiger partial charge >= 0.3 is 6.03 Å². The number of amides is 3. The number of rotatable bonds is 3. The molecule has 35 heavy (non-hydrogen) atoms. The summed E-state index contributed by atoms with van der Waals surface area (Å²) in [6, 6.07) is 20.8. The maximum Gasteiger partial charge on any atom is 0.326 e. The fourth-order valence-corrected chi connectivity index (χ4v) is 5.03. The van der Waals surface area contributed by atoms with Crippen LogP contribution in [0.1, 0.15) is 28.8 Å². The first-order valence-electron chi connectivity index (χ1n) is 11.1. The van der Waals surface area contributed by atoms with Gasteiger partial charge < -0.3 is 10.2 Å². The molecule has 2 aliphatic rings. The average molecular weight is 528 g/mol. The van der Waals surface area contributed by atoms with Gasteiger partial charge in [-0.2, -0.15) is 0 Å². The molecule has 0 radical (unpaired) electrons. The molecule has 1 saturated heterocycles. The fraction of sp³-hybridized carbons (Fsp3) is 0.192. The summed E-state index contributed by atoms with van der Waals surface area (Å²) in [6.45, 7) is 0.753.